The Kier molecular flexibility index (Phi) is 18.7. The van der Waals surface area contributed by atoms with Gasteiger partial charge in [-0.1, -0.05) is 44.2 Å². The van der Waals surface area contributed by atoms with Crippen LogP contribution in [0.15, 0.2) is 118 Å². The summed E-state index contributed by atoms with van der Waals surface area (Å²) in [4.78, 5) is 36.8. The number of aromatic hydroxyl groups is 4. The molecule has 427 valence electrons. The molecule has 10 rings (SSSR count). The predicted molar refractivity (Wildman–Crippen MR) is 311 cm³/mol. The van der Waals surface area contributed by atoms with E-state index in [1.54, 1.807) is 12.1 Å². The van der Waals surface area contributed by atoms with Crippen molar-refractivity contribution in [3.63, 3.8) is 0 Å². The molecule has 0 spiro atoms. The van der Waals surface area contributed by atoms with Crippen LogP contribution in [-0.4, -0.2) is 67.1 Å². The third-order valence-corrected chi connectivity index (χ3v) is 13.8. The molecule has 2 aromatic heterocycles. The zero-order valence-corrected chi connectivity index (χ0v) is 48.4. The Hall–Kier alpha value is -10.4. The van der Waals surface area contributed by atoms with Gasteiger partial charge in [0, 0.05) is 94.5 Å². The molecule has 3 aliphatic heterocycles. The van der Waals surface area contributed by atoms with Crippen LogP contribution in [0.4, 0.5) is 40.6 Å². The molecule has 0 saturated carbocycles. The van der Waals surface area contributed by atoms with Gasteiger partial charge < -0.3 is 54.5 Å². The summed E-state index contributed by atoms with van der Waals surface area (Å²) in [5.74, 6) is 0.0118. The summed E-state index contributed by atoms with van der Waals surface area (Å²) in [7, 11) is 0. The van der Waals surface area contributed by atoms with E-state index in [0.29, 0.717) is 12.2 Å². The molecule has 7 aromatic rings. The maximum atomic E-state index is 13.6. The molecule has 84 heavy (non-hydrogen) atoms. The molecule has 4 N–H and O–H groups in total. The number of nitrogens with zero attached hydrogens (tertiary/aromatic N) is 14. The number of azo groups is 2. The van der Waals surface area contributed by atoms with Gasteiger partial charge in [-0.15, -0.1) is 10.2 Å². The van der Waals surface area contributed by atoms with E-state index in [-0.39, 0.29) is 103 Å². The van der Waals surface area contributed by atoms with Gasteiger partial charge in [-0.2, -0.15) is 10.5 Å². The van der Waals surface area contributed by atoms with Crippen molar-refractivity contribution in [2.75, 3.05) is 24.6 Å². The molecule has 0 amide bonds. The van der Waals surface area contributed by atoms with Gasteiger partial charge in [0.1, 0.15) is 70.4 Å². The number of phenolic OH excluding ortho intramolecular Hbond substituents is 4. The maximum absolute atomic E-state index is 13.6. The molecule has 0 saturated heterocycles. The fourth-order valence-electron chi connectivity index (χ4n) is 10.2. The van der Waals surface area contributed by atoms with Crippen molar-refractivity contribution >= 4 is 63.3 Å². The van der Waals surface area contributed by atoms with E-state index < -0.39 is 0 Å². The molecule has 0 fully saturated rings. The SMILES string of the molecule is CCCCOC(=O)c1ccccc1C1=c2cc3c(cc2Oc2cc4c(cc21)C(C)=CC(C)(C)N4CC)=[N+](CC)C(C)(C)C=C3C.N#Cc1nc(N=Nc2ccc(O)cc2O)[n-]c1C#N.[C-]#[N+]c1nc(N=Nc2ccc(O)cc2O)[n-]c1[N+]#[C-].[Co]. The largest absolute Gasteiger partial charge is 0.562 e. The number of benzene rings is 5. The number of nitriles is 2. The molecule has 5 aromatic carbocycles. The number of unbranched alkanes of at least 4 members (excludes halogenated alkanes) is 1. The minimum Gasteiger partial charge on any atom is -0.562 e. The molecule has 0 atom stereocenters. The maximum Gasteiger partial charge on any atom is 0.338 e. The molecule has 3 aliphatic rings. The van der Waals surface area contributed by atoms with E-state index in [2.05, 4.69) is 164 Å². The monoisotopic (exact) mass is 1170 g/mol. The third-order valence-electron chi connectivity index (χ3n) is 13.8. The average molecular weight is 1170 g/mol. The Balaban J connectivity index is 0.000000213. The number of hydrogen-bond acceptors (Lipinski definition) is 16. The first-order valence-corrected chi connectivity index (χ1v) is 26.3. The van der Waals surface area contributed by atoms with Gasteiger partial charge >= 0.3 is 5.97 Å². The second kappa shape index (κ2) is 25.6. The number of likely N-dealkylation sites (N-methyl/N-ethyl adjacent to an activating group) is 2. The molecule has 1 radical (unpaired) electrons. The number of ether oxygens (including phenoxy) is 2. The summed E-state index contributed by atoms with van der Waals surface area (Å²) in [6.45, 7) is 35.7. The van der Waals surface area contributed by atoms with Gasteiger partial charge in [-0.25, -0.2) is 21.1 Å². The van der Waals surface area contributed by atoms with Crippen LogP contribution in [0.5, 0.6) is 34.5 Å². The summed E-state index contributed by atoms with van der Waals surface area (Å²) in [5, 5.41) is 71.2. The molecular formula is C62H57CoN14O7-. The number of fused-ring (bicyclic) bond motifs is 4. The fraction of sp³-hybridized carbons (Fsp3) is 0.258. The van der Waals surface area contributed by atoms with Crippen molar-refractivity contribution < 1.29 is 51.5 Å². The number of phenols is 4. The van der Waals surface area contributed by atoms with Crippen LogP contribution >= 0.6 is 0 Å². The standard InChI is InChI=1S/C40H47N2O3.2C11H5N6O2.Co/c1-10-13-18-44-38(43)28-17-15-14-16-27(28)37-31-19-29-25(4)23-39(6,7)41(11-2)33(29)21-35(31)45-36-22-34-30(20-32(36)37)26(5)24-40(8,9)42(34)12-3;1-12-9-10(13-2)15-11(14-9)17-16-7-4-3-6(18)5-8(7)19;12-4-8-9(5-13)15-11(14-8)17-16-7-2-1-6(18)3-10(7)19;/h14-17,19-24H,10-13,18H2,1-9H3;3-5H,(H2-,14,15,16,17,18,19);1-3H,(H2-,14,15,16,17,18,19);/q+1;2*-1;. The molecule has 0 bridgehead atoms. The van der Waals surface area contributed by atoms with E-state index in [4.69, 9.17) is 43.4 Å². The van der Waals surface area contributed by atoms with Crippen molar-refractivity contribution in [3.8, 4) is 46.6 Å². The minimum absolute atomic E-state index is 0. The summed E-state index contributed by atoms with van der Waals surface area (Å²) < 4.78 is 15.1. The Morgan fingerprint density at radius 2 is 1.40 bits per heavy atom. The summed E-state index contributed by atoms with van der Waals surface area (Å²) in [6.07, 6.45) is 6.52. The Labute approximate surface area is 495 Å². The molecule has 0 unspecified atom stereocenters. The second-order valence-corrected chi connectivity index (χ2v) is 20.3. The number of rotatable bonds is 11. The van der Waals surface area contributed by atoms with Crippen LogP contribution in [0.25, 0.3) is 26.4 Å². The van der Waals surface area contributed by atoms with Gasteiger partial charge in [0.05, 0.1) is 41.0 Å². The Morgan fingerprint density at radius 1 is 0.762 bits per heavy atom. The van der Waals surface area contributed by atoms with Gasteiger partial charge in [0.15, 0.2) is 5.54 Å². The van der Waals surface area contributed by atoms with Crippen molar-refractivity contribution in [2.45, 2.75) is 86.2 Å². The molecule has 22 heteroatoms. The summed E-state index contributed by atoms with van der Waals surface area (Å²) in [6, 6.07) is 27.8. The van der Waals surface area contributed by atoms with Crippen molar-refractivity contribution in [1.29, 1.82) is 10.5 Å². The number of anilines is 1. The smallest absolute Gasteiger partial charge is 0.338 e. The number of imidazole rings is 2. The van der Waals surface area contributed by atoms with Gasteiger partial charge in [-0.05, 0) is 113 Å². The number of carbonyl (C=O) groups is 1. The fourth-order valence-corrected chi connectivity index (χ4v) is 10.2. The van der Waals surface area contributed by atoms with E-state index in [1.165, 1.54) is 57.6 Å². The van der Waals surface area contributed by atoms with E-state index >= 15 is 0 Å². The zero-order chi connectivity index (χ0) is 59.9. The molecule has 0 aliphatic carbocycles. The first-order chi connectivity index (χ1) is 39.7. The van der Waals surface area contributed by atoms with Crippen LogP contribution in [-0.2, 0) is 21.5 Å². The molecule has 5 heterocycles. The second-order valence-electron chi connectivity index (χ2n) is 20.3. The van der Waals surface area contributed by atoms with Crippen molar-refractivity contribution in [2.24, 2.45) is 20.5 Å². The van der Waals surface area contributed by atoms with Gasteiger partial charge in [-0.3, -0.25) is 15.1 Å². The first kappa shape index (κ1) is 61.2. The van der Waals surface area contributed by atoms with Crippen LogP contribution < -0.4 is 34.8 Å². The quantitative estimate of drug-likeness (QED) is 0.0308. The molecule has 21 nitrogen and oxygen atoms in total. The molecular weight excluding hydrogens is 1110 g/mol. The number of esters is 1. The number of allylic oxidation sites excluding steroid dienone is 2. The predicted octanol–water partition coefficient (Wildman–Crippen LogP) is 12.3. The van der Waals surface area contributed by atoms with E-state index in [9.17, 15) is 15.0 Å². The Bertz CT molecular complexity index is 3990. The minimum atomic E-state index is -0.290. The average Bonchev–Trinajstić information content (AvgIpc) is 1.08. The zero-order valence-electron chi connectivity index (χ0n) is 47.4. The number of aromatic nitrogens is 4. The van der Waals surface area contributed by atoms with Crippen LogP contribution in [0.3, 0.4) is 0 Å². The van der Waals surface area contributed by atoms with E-state index in [1.807, 2.05) is 18.2 Å². The van der Waals surface area contributed by atoms with Gasteiger partial charge in [0.2, 0.25) is 11.3 Å². The normalized spacial score (nSPS) is 13.9. The van der Waals surface area contributed by atoms with E-state index in [0.717, 1.165) is 71.5 Å². The number of carbonyl (C=O) groups excluding carboxylic acids is 1. The summed E-state index contributed by atoms with van der Waals surface area (Å²) in [5.41, 5.74) is 9.16. The van der Waals surface area contributed by atoms with Crippen molar-refractivity contribution in [1.82, 2.24) is 24.5 Å². The first-order valence-electron chi connectivity index (χ1n) is 26.3. The topological polar surface area (TPSA) is 282 Å². The third kappa shape index (κ3) is 12.7. The van der Waals surface area contributed by atoms with Crippen LogP contribution in [0.2, 0.25) is 0 Å². The Morgan fingerprint density at radius 3 is 1.96 bits per heavy atom. The van der Waals surface area contributed by atoms with Crippen molar-refractivity contribution in [3.05, 3.63) is 170 Å². The number of hydrogen-bond donors (Lipinski definition) is 4. The summed E-state index contributed by atoms with van der Waals surface area (Å²) >= 11 is 0. The van der Waals surface area contributed by atoms with Crippen LogP contribution in [0.1, 0.15) is 119 Å². The van der Waals surface area contributed by atoms with Crippen LogP contribution in [0, 0.1) is 35.8 Å². The van der Waals surface area contributed by atoms with Gasteiger partial charge in [0.25, 0.3) is 0 Å².